The molecule has 230 valence electrons. The van der Waals surface area contributed by atoms with Gasteiger partial charge in [0, 0.05) is 34.7 Å². The number of benzene rings is 4. The fourth-order valence-corrected chi connectivity index (χ4v) is 6.48. The van der Waals surface area contributed by atoms with Crippen LogP contribution in [0.3, 0.4) is 0 Å². The number of para-hydroxylation sites is 1. The van der Waals surface area contributed by atoms with Crippen LogP contribution >= 0.6 is 0 Å². The zero-order chi connectivity index (χ0) is 32.0. The maximum Gasteiger partial charge on any atom is 0.137 e. The fourth-order valence-electron chi connectivity index (χ4n) is 6.48. The van der Waals surface area contributed by atoms with Gasteiger partial charge in [-0.25, -0.2) is 9.67 Å². The van der Waals surface area contributed by atoms with E-state index in [4.69, 9.17) is 14.8 Å². The van der Waals surface area contributed by atoms with E-state index in [1.54, 1.807) is 0 Å². The molecule has 5 heteroatoms. The van der Waals surface area contributed by atoms with Crippen LogP contribution in [-0.2, 0) is 18.3 Å². The maximum atomic E-state index is 6.55. The zero-order valence-corrected chi connectivity index (χ0v) is 27.5. The lowest BCUT2D eigenvalue weighted by Gasteiger charge is -2.19. The van der Waals surface area contributed by atoms with Crippen molar-refractivity contribution in [1.29, 1.82) is 0 Å². The summed E-state index contributed by atoms with van der Waals surface area (Å²) in [4.78, 5) is 4.72. The third-order valence-electron chi connectivity index (χ3n) is 8.84. The second-order valence-electron chi connectivity index (χ2n) is 13.0. The van der Waals surface area contributed by atoms with E-state index in [-0.39, 0.29) is 5.41 Å². The van der Waals surface area contributed by atoms with Crippen molar-refractivity contribution < 1.29 is 4.74 Å². The maximum absolute atomic E-state index is 6.55. The van der Waals surface area contributed by atoms with Crippen LogP contribution in [0.4, 0.5) is 0 Å². The topological polar surface area (TPSA) is 44.9 Å². The number of hydrogen-bond donors (Lipinski definition) is 0. The summed E-state index contributed by atoms with van der Waals surface area (Å²) in [6.45, 7) is 13.2. The van der Waals surface area contributed by atoms with Gasteiger partial charge in [-0.05, 0) is 84.3 Å². The molecule has 3 heterocycles. The van der Waals surface area contributed by atoms with Crippen molar-refractivity contribution in [1.82, 2.24) is 19.3 Å². The standard InChI is InChI=1S/C41H40N4O/c1-7-35-40(28-16-18-29(19-17-28)41(4,5)6)36(8-2)45(43-35)30-12-11-13-31(25-30)46-32-20-21-34-33-14-9-10-15-37(33)44(38(34)26-32)39-24-27(3)22-23-42-39/h9-26H,7-8H2,1-6H3. The monoisotopic (exact) mass is 604 g/mol. The van der Waals surface area contributed by atoms with Gasteiger partial charge in [0.2, 0.25) is 0 Å². The molecular weight excluding hydrogens is 564 g/mol. The third kappa shape index (κ3) is 5.26. The van der Waals surface area contributed by atoms with Gasteiger partial charge in [-0.1, -0.05) is 83.1 Å². The summed E-state index contributed by atoms with van der Waals surface area (Å²) in [5.74, 6) is 2.43. The van der Waals surface area contributed by atoms with E-state index < -0.39 is 0 Å². The molecule has 0 bridgehead atoms. The summed E-state index contributed by atoms with van der Waals surface area (Å²) in [7, 11) is 0. The summed E-state index contributed by atoms with van der Waals surface area (Å²) in [6, 6.07) is 36.2. The third-order valence-corrected chi connectivity index (χ3v) is 8.84. The van der Waals surface area contributed by atoms with Gasteiger partial charge < -0.3 is 4.74 Å². The minimum absolute atomic E-state index is 0.114. The van der Waals surface area contributed by atoms with E-state index in [0.717, 1.165) is 52.6 Å². The van der Waals surface area contributed by atoms with Gasteiger partial charge in [-0.3, -0.25) is 4.57 Å². The van der Waals surface area contributed by atoms with E-state index in [9.17, 15) is 0 Å². The van der Waals surface area contributed by atoms with Crippen molar-refractivity contribution in [3.63, 3.8) is 0 Å². The number of aromatic nitrogens is 4. The molecule has 46 heavy (non-hydrogen) atoms. The summed E-state index contributed by atoms with van der Waals surface area (Å²) in [5, 5.41) is 7.49. The Morgan fingerprint density at radius 3 is 2.22 bits per heavy atom. The first-order chi connectivity index (χ1) is 22.2. The highest BCUT2D eigenvalue weighted by atomic mass is 16.5. The van der Waals surface area contributed by atoms with E-state index in [2.05, 4.69) is 136 Å². The molecule has 0 unspecified atom stereocenters. The average molecular weight is 605 g/mol. The molecule has 7 aromatic rings. The predicted molar refractivity (Wildman–Crippen MR) is 190 cm³/mol. The molecule has 7 rings (SSSR count). The Bertz CT molecular complexity index is 2200. The molecule has 0 atom stereocenters. The lowest BCUT2D eigenvalue weighted by molar-refractivity contribution is 0.482. The molecule has 0 fully saturated rings. The lowest BCUT2D eigenvalue weighted by Crippen LogP contribution is -2.10. The van der Waals surface area contributed by atoms with Gasteiger partial charge >= 0.3 is 0 Å². The SMILES string of the molecule is CCc1nn(-c2cccc(Oc3ccc4c5ccccc5n(-c5cc(C)ccn5)c4c3)c2)c(CC)c1-c1ccc(C(C)(C)C)cc1. The first-order valence-electron chi connectivity index (χ1n) is 16.2. The second kappa shape index (κ2) is 11.6. The normalized spacial score (nSPS) is 11.9. The van der Waals surface area contributed by atoms with Gasteiger partial charge in [0.1, 0.15) is 17.3 Å². The highest BCUT2D eigenvalue weighted by molar-refractivity contribution is 6.09. The van der Waals surface area contributed by atoms with Crippen LogP contribution in [0.5, 0.6) is 11.5 Å². The molecule has 0 saturated heterocycles. The van der Waals surface area contributed by atoms with Crippen molar-refractivity contribution in [3.8, 4) is 34.1 Å². The van der Waals surface area contributed by atoms with Crippen molar-refractivity contribution >= 4 is 21.8 Å². The Balaban J connectivity index is 1.27. The Morgan fingerprint density at radius 2 is 1.48 bits per heavy atom. The van der Waals surface area contributed by atoms with E-state index in [1.165, 1.54) is 38.7 Å². The quantitative estimate of drug-likeness (QED) is 0.182. The smallest absolute Gasteiger partial charge is 0.137 e. The van der Waals surface area contributed by atoms with Crippen molar-refractivity contribution in [3.05, 3.63) is 132 Å². The van der Waals surface area contributed by atoms with Crippen LogP contribution in [0.1, 0.15) is 57.1 Å². The minimum atomic E-state index is 0.114. The van der Waals surface area contributed by atoms with Gasteiger partial charge in [0.25, 0.3) is 0 Å². The second-order valence-corrected chi connectivity index (χ2v) is 13.0. The Morgan fingerprint density at radius 1 is 0.717 bits per heavy atom. The van der Waals surface area contributed by atoms with Crippen molar-refractivity contribution in [2.75, 3.05) is 0 Å². The number of aryl methyl sites for hydroxylation is 2. The van der Waals surface area contributed by atoms with Crippen molar-refractivity contribution in [2.24, 2.45) is 0 Å². The van der Waals surface area contributed by atoms with Gasteiger partial charge in [-0.2, -0.15) is 5.10 Å². The molecule has 0 aliphatic carbocycles. The summed E-state index contributed by atoms with van der Waals surface area (Å²) >= 11 is 0. The summed E-state index contributed by atoms with van der Waals surface area (Å²) < 4.78 is 10.9. The number of pyridine rings is 1. The van der Waals surface area contributed by atoms with Crippen LogP contribution in [0.15, 0.2) is 109 Å². The Labute approximate surface area is 271 Å². The first-order valence-corrected chi connectivity index (χ1v) is 16.2. The van der Waals surface area contributed by atoms with Crippen LogP contribution in [0.25, 0.3) is 44.4 Å². The number of nitrogens with zero attached hydrogens (tertiary/aromatic N) is 4. The van der Waals surface area contributed by atoms with Crippen molar-refractivity contribution in [2.45, 2.75) is 59.8 Å². The fraction of sp³-hybridized carbons (Fsp3) is 0.220. The number of fused-ring (bicyclic) bond motifs is 3. The molecule has 0 aliphatic heterocycles. The predicted octanol–water partition coefficient (Wildman–Crippen LogP) is 10.6. The molecule has 0 aliphatic rings. The number of ether oxygens (including phenoxy) is 1. The van der Waals surface area contributed by atoms with Gasteiger partial charge in [0.15, 0.2) is 0 Å². The largest absolute Gasteiger partial charge is 0.457 e. The van der Waals surface area contributed by atoms with Crippen LogP contribution in [-0.4, -0.2) is 19.3 Å². The van der Waals surface area contributed by atoms with Crippen LogP contribution in [0, 0.1) is 6.92 Å². The molecule has 0 spiro atoms. The molecule has 0 N–H and O–H groups in total. The molecule has 0 saturated carbocycles. The van der Waals surface area contributed by atoms with E-state index >= 15 is 0 Å². The number of hydrogen-bond acceptors (Lipinski definition) is 3. The highest BCUT2D eigenvalue weighted by Gasteiger charge is 2.20. The Hall–Kier alpha value is -5.16. The zero-order valence-electron chi connectivity index (χ0n) is 27.5. The summed E-state index contributed by atoms with van der Waals surface area (Å²) in [6.07, 6.45) is 3.59. The van der Waals surface area contributed by atoms with Gasteiger partial charge in [-0.15, -0.1) is 0 Å². The Kier molecular flexibility index (Phi) is 7.48. The molecule has 0 radical (unpaired) electrons. The highest BCUT2D eigenvalue weighted by Crippen LogP contribution is 2.36. The van der Waals surface area contributed by atoms with E-state index in [1.807, 2.05) is 24.4 Å². The first kappa shape index (κ1) is 29.5. The molecule has 3 aromatic heterocycles. The van der Waals surface area contributed by atoms with Gasteiger partial charge in [0.05, 0.1) is 28.1 Å². The van der Waals surface area contributed by atoms with E-state index in [0.29, 0.717) is 0 Å². The molecule has 4 aromatic carbocycles. The lowest BCUT2D eigenvalue weighted by atomic mass is 9.86. The van der Waals surface area contributed by atoms with Crippen LogP contribution in [0.2, 0.25) is 0 Å². The minimum Gasteiger partial charge on any atom is -0.457 e. The molecule has 0 amide bonds. The average Bonchev–Trinajstić information content (AvgIpc) is 3.60. The summed E-state index contributed by atoms with van der Waals surface area (Å²) in [5.41, 5.74) is 10.5. The number of rotatable bonds is 7. The van der Waals surface area contributed by atoms with Crippen LogP contribution < -0.4 is 4.74 Å². The molecule has 5 nitrogen and oxygen atoms in total. The molecular formula is C41H40N4O.